The number of oxazole rings is 1. The summed E-state index contributed by atoms with van der Waals surface area (Å²) in [5, 5.41) is 0. The normalized spacial score (nSPS) is 10.8. The third-order valence-electron chi connectivity index (χ3n) is 2.41. The van der Waals surface area contributed by atoms with Gasteiger partial charge in [-0.05, 0) is 18.6 Å². The molecule has 1 aromatic heterocycles. The summed E-state index contributed by atoms with van der Waals surface area (Å²) in [6.07, 6.45) is 4.85. The Balaban J connectivity index is 2.11. The molecule has 0 N–H and O–H groups in total. The molecule has 0 saturated carbocycles. The van der Waals surface area contributed by atoms with Gasteiger partial charge in [0.2, 0.25) is 5.89 Å². The van der Waals surface area contributed by atoms with Crippen LogP contribution in [-0.4, -0.2) is 18.1 Å². The number of esters is 1. The fourth-order valence-electron chi connectivity index (χ4n) is 1.41. The van der Waals surface area contributed by atoms with Crippen molar-refractivity contribution in [2.24, 2.45) is 0 Å². The molecule has 4 nitrogen and oxygen atoms in total. The van der Waals surface area contributed by atoms with Crippen LogP contribution in [0.1, 0.15) is 27.5 Å². The zero-order valence-electron chi connectivity index (χ0n) is 10.2. The van der Waals surface area contributed by atoms with Gasteiger partial charge in [0.25, 0.3) is 0 Å². The van der Waals surface area contributed by atoms with E-state index in [0.29, 0.717) is 5.89 Å². The highest BCUT2D eigenvalue weighted by Crippen LogP contribution is 2.10. The molecule has 92 valence electrons. The first kappa shape index (κ1) is 12.1. The quantitative estimate of drug-likeness (QED) is 0.778. The Labute approximate surface area is 105 Å². The predicted molar refractivity (Wildman–Crippen MR) is 67.9 cm³/mol. The van der Waals surface area contributed by atoms with E-state index >= 15 is 0 Å². The Morgan fingerprint density at radius 2 is 2.00 bits per heavy atom. The number of carbonyl (C=O) groups is 1. The number of carbonyl (C=O) groups excluding carboxylic acids is 1. The summed E-state index contributed by atoms with van der Waals surface area (Å²) in [5.74, 6) is -0.135. The monoisotopic (exact) mass is 243 g/mol. The molecule has 0 aliphatic heterocycles. The fourth-order valence-corrected chi connectivity index (χ4v) is 1.41. The summed E-state index contributed by atoms with van der Waals surface area (Å²) < 4.78 is 9.67. The van der Waals surface area contributed by atoms with E-state index in [4.69, 9.17) is 4.42 Å². The maximum atomic E-state index is 11.2. The van der Waals surface area contributed by atoms with Gasteiger partial charge in [-0.15, -0.1) is 0 Å². The second-order valence-corrected chi connectivity index (χ2v) is 3.81. The van der Waals surface area contributed by atoms with Crippen LogP contribution in [0.25, 0.3) is 12.2 Å². The lowest BCUT2D eigenvalue weighted by Crippen LogP contribution is -2.00. The molecule has 0 spiro atoms. The molecule has 2 aromatic rings. The van der Waals surface area contributed by atoms with Crippen LogP contribution in [0.5, 0.6) is 0 Å². The van der Waals surface area contributed by atoms with Gasteiger partial charge in [-0.2, -0.15) is 0 Å². The van der Waals surface area contributed by atoms with Crippen molar-refractivity contribution in [3.63, 3.8) is 0 Å². The minimum Gasteiger partial charge on any atom is -0.464 e. The highest BCUT2D eigenvalue weighted by atomic mass is 16.5. The molecule has 0 radical (unpaired) electrons. The molecule has 0 aliphatic rings. The number of aryl methyl sites for hydroxylation is 1. The van der Waals surface area contributed by atoms with Crippen molar-refractivity contribution < 1.29 is 13.9 Å². The lowest BCUT2D eigenvalue weighted by molar-refractivity contribution is 0.0594. The molecule has 0 fully saturated rings. The average Bonchev–Trinajstić information content (AvgIpc) is 2.86. The summed E-state index contributed by atoms with van der Waals surface area (Å²) in [6.45, 7) is 2.03. The fraction of sp³-hybridized carbons (Fsp3) is 0.143. The van der Waals surface area contributed by atoms with Crippen molar-refractivity contribution in [2.45, 2.75) is 6.92 Å². The smallest absolute Gasteiger partial charge is 0.360 e. The summed E-state index contributed by atoms with van der Waals surface area (Å²) >= 11 is 0. The zero-order chi connectivity index (χ0) is 13.0. The second kappa shape index (κ2) is 5.31. The van der Waals surface area contributed by atoms with Gasteiger partial charge in [0, 0.05) is 6.08 Å². The van der Waals surface area contributed by atoms with Crippen LogP contribution in [0.3, 0.4) is 0 Å². The summed E-state index contributed by atoms with van der Waals surface area (Å²) in [6, 6.07) is 8.04. The number of hydrogen-bond acceptors (Lipinski definition) is 4. The number of methoxy groups -OCH3 is 1. The SMILES string of the molecule is COC(=O)c1coc(/C=C/c2ccc(C)cc2)n1. The Bertz CT molecular complexity index is 567. The van der Waals surface area contributed by atoms with Gasteiger partial charge in [-0.25, -0.2) is 9.78 Å². The van der Waals surface area contributed by atoms with E-state index < -0.39 is 5.97 Å². The molecule has 4 heteroatoms. The topological polar surface area (TPSA) is 52.3 Å². The third kappa shape index (κ3) is 2.85. The van der Waals surface area contributed by atoms with Crippen LogP contribution in [0, 0.1) is 6.92 Å². The van der Waals surface area contributed by atoms with E-state index in [0.717, 1.165) is 5.56 Å². The van der Waals surface area contributed by atoms with Crippen molar-refractivity contribution in [1.29, 1.82) is 0 Å². The molecule has 1 heterocycles. The summed E-state index contributed by atoms with van der Waals surface area (Å²) in [4.78, 5) is 15.2. The maximum absolute atomic E-state index is 11.2. The zero-order valence-corrected chi connectivity index (χ0v) is 10.2. The number of hydrogen-bond donors (Lipinski definition) is 0. The van der Waals surface area contributed by atoms with Gasteiger partial charge >= 0.3 is 5.97 Å². The van der Waals surface area contributed by atoms with E-state index in [1.165, 1.54) is 18.9 Å². The number of rotatable bonds is 3. The standard InChI is InChI=1S/C14H13NO3/c1-10-3-5-11(6-4-10)7-8-13-15-12(9-18-13)14(16)17-2/h3-9H,1-2H3/b8-7+. The Morgan fingerprint density at radius 1 is 1.28 bits per heavy atom. The highest BCUT2D eigenvalue weighted by Gasteiger charge is 2.10. The molecule has 0 atom stereocenters. The maximum Gasteiger partial charge on any atom is 0.360 e. The molecular formula is C14H13NO3. The Kier molecular flexibility index (Phi) is 3.57. The highest BCUT2D eigenvalue weighted by molar-refractivity contribution is 5.87. The number of aromatic nitrogens is 1. The van der Waals surface area contributed by atoms with Crippen LogP contribution in [-0.2, 0) is 4.74 Å². The lowest BCUT2D eigenvalue weighted by atomic mass is 10.1. The van der Waals surface area contributed by atoms with Crippen LogP contribution < -0.4 is 0 Å². The van der Waals surface area contributed by atoms with Crippen LogP contribution >= 0.6 is 0 Å². The van der Waals surface area contributed by atoms with Crippen LogP contribution in [0.15, 0.2) is 34.9 Å². The molecule has 0 unspecified atom stereocenters. The molecule has 2 rings (SSSR count). The predicted octanol–water partition coefficient (Wildman–Crippen LogP) is 2.94. The van der Waals surface area contributed by atoms with Crippen LogP contribution in [0.2, 0.25) is 0 Å². The van der Waals surface area contributed by atoms with E-state index in [1.54, 1.807) is 6.08 Å². The molecule has 18 heavy (non-hydrogen) atoms. The Morgan fingerprint density at radius 3 is 2.67 bits per heavy atom. The molecule has 1 aromatic carbocycles. The average molecular weight is 243 g/mol. The van der Waals surface area contributed by atoms with Crippen molar-refractivity contribution in [1.82, 2.24) is 4.98 Å². The molecule has 0 amide bonds. The van der Waals surface area contributed by atoms with E-state index in [9.17, 15) is 4.79 Å². The van der Waals surface area contributed by atoms with Crippen molar-refractivity contribution >= 4 is 18.1 Å². The Hall–Kier alpha value is -2.36. The lowest BCUT2D eigenvalue weighted by Gasteiger charge is -1.93. The van der Waals surface area contributed by atoms with Gasteiger partial charge in [0.15, 0.2) is 5.69 Å². The summed E-state index contributed by atoms with van der Waals surface area (Å²) in [5.41, 5.74) is 2.41. The summed E-state index contributed by atoms with van der Waals surface area (Å²) in [7, 11) is 1.30. The van der Waals surface area contributed by atoms with Crippen LogP contribution in [0.4, 0.5) is 0 Å². The minimum absolute atomic E-state index is 0.168. The second-order valence-electron chi connectivity index (χ2n) is 3.81. The van der Waals surface area contributed by atoms with Gasteiger partial charge in [-0.1, -0.05) is 29.8 Å². The number of benzene rings is 1. The van der Waals surface area contributed by atoms with Crippen molar-refractivity contribution in [3.8, 4) is 0 Å². The van der Waals surface area contributed by atoms with Gasteiger partial charge < -0.3 is 9.15 Å². The molecule has 0 bridgehead atoms. The first-order valence-corrected chi connectivity index (χ1v) is 5.47. The van der Waals surface area contributed by atoms with E-state index in [-0.39, 0.29) is 5.69 Å². The molecule has 0 aliphatic carbocycles. The minimum atomic E-state index is -0.506. The number of nitrogens with zero attached hydrogens (tertiary/aromatic N) is 1. The van der Waals surface area contributed by atoms with Gasteiger partial charge in [-0.3, -0.25) is 0 Å². The van der Waals surface area contributed by atoms with Crippen molar-refractivity contribution in [3.05, 3.63) is 53.2 Å². The van der Waals surface area contributed by atoms with Gasteiger partial charge in [0.05, 0.1) is 7.11 Å². The largest absolute Gasteiger partial charge is 0.464 e. The van der Waals surface area contributed by atoms with E-state index in [1.807, 2.05) is 37.3 Å². The number of ether oxygens (including phenoxy) is 1. The first-order chi connectivity index (χ1) is 8.69. The van der Waals surface area contributed by atoms with E-state index in [2.05, 4.69) is 9.72 Å². The first-order valence-electron chi connectivity index (χ1n) is 5.47. The van der Waals surface area contributed by atoms with Crippen molar-refractivity contribution in [2.75, 3.05) is 7.11 Å². The molecule has 0 saturated heterocycles. The molecular weight excluding hydrogens is 230 g/mol. The van der Waals surface area contributed by atoms with Gasteiger partial charge in [0.1, 0.15) is 6.26 Å². The third-order valence-corrected chi connectivity index (χ3v) is 2.41.